The number of hydrogen-bond acceptors (Lipinski definition) is 4. The number of amides is 1. The van der Waals surface area contributed by atoms with E-state index >= 15 is 0 Å². The molecule has 2 saturated heterocycles. The van der Waals surface area contributed by atoms with Gasteiger partial charge >= 0.3 is 0 Å². The van der Waals surface area contributed by atoms with Crippen LogP contribution < -0.4 is 5.32 Å². The maximum Gasteiger partial charge on any atom is 0.270 e. The number of rotatable bonds is 2. The lowest BCUT2D eigenvalue weighted by Gasteiger charge is -2.33. The van der Waals surface area contributed by atoms with Crippen LogP contribution in [0.5, 0.6) is 0 Å². The SMILES string of the molecule is Cc1ccn2c(C(=O)N[C@H]3C[C@H]4CO[C@@H](C)CN4C3)c(C)nc2c1. The van der Waals surface area contributed by atoms with Gasteiger partial charge in [-0.05, 0) is 44.9 Å². The van der Waals surface area contributed by atoms with E-state index in [9.17, 15) is 4.79 Å². The standard InChI is InChI=1S/C18H24N4O2/c1-11-4-5-22-16(6-11)19-13(3)17(22)18(23)20-14-7-15-10-24-12(2)8-21(15)9-14/h4-6,12,14-15H,7-10H2,1-3H3,(H,20,23)/t12-,14-,15-/m0/s1. The Morgan fingerprint density at radius 3 is 3.04 bits per heavy atom. The number of morpholine rings is 1. The minimum absolute atomic E-state index is 0.0392. The van der Waals surface area contributed by atoms with Gasteiger partial charge in [0.2, 0.25) is 0 Å². The van der Waals surface area contributed by atoms with Gasteiger partial charge in [0, 0.05) is 31.4 Å². The molecule has 0 saturated carbocycles. The fraction of sp³-hybridized carbons (Fsp3) is 0.556. The van der Waals surface area contributed by atoms with E-state index < -0.39 is 0 Å². The van der Waals surface area contributed by atoms with E-state index in [0.29, 0.717) is 11.7 Å². The third-order valence-electron chi connectivity index (χ3n) is 5.10. The summed E-state index contributed by atoms with van der Waals surface area (Å²) in [6.07, 6.45) is 3.15. The summed E-state index contributed by atoms with van der Waals surface area (Å²) in [5, 5.41) is 3.20. The molecule has 24 heavy (non-hydrogen) atoms. The summed E-state index contributed by atoms with van der Waals surface area (Å²) in [4.78, 5) is 19.8. The average molecular weight is 328 g/mol. The molecule has 4 heterocycles. The number of imidazole rings is 1. The van der Waals surface area contributed by atoms with Crippen LogP contribution in [0.3, 0.4) is 0 Å². The molecular formula is C18H24N4O2. The number of aromatic nitrogens is 2. The summed E-state index contributed by atoms with van der Waals surface area (Å²) in [5.41, 5.74) is 3.37. The molecule has 6 nitrogen and oxygen atoms in total. The van der Waals surface area contributed by atoms with Crippen molar-refractivity contribution in [3.05, 3.63) is 35.3 Å². The molecule has 0 bridgehead atoms. The summed E-state index contributed by atoms with van der Waals surface area (Å²) in [7, 11) is 0. The van der Waals surface area contributed by atoms with Crippen molar-refractivity contribution < 1.29 is 9.53 Å². The van der Waals surface area contributed by atoms with Gasteiger partial charge in [-0.1, -0.05) is 0 Å². The average Bonchev–Trinajstić information content (AvgIpc) is 3.05. The zero-order valence-electron chi connectivity index (χ0n) is 14.5. The van der Waals surface area contributed by atoms with Crippen molar-refractivity contribution in [2.24, 2.45) is 0 Å². The lowest BCUT2D eigenvalue weighted by atomic mass is 10.1. The molecule has 1 N–H and O–H groups in total. The highest BCUT2D eigenvalue weighted by atomic mass is 16.5. The molecule has 0 aromatic carbocycles. The third kappa shape index (κ3) is 2.70. The topological polar surface area (TPSA) is 58.9 Å². The zero-order valence-corrected chi connectivity index (χ0v) is 14.5. The first-order valence-electron chi connectivity index (χ1n) is 8.63. The Morgan fingerprint density at radius 2 is 2.21 bits per heavy atom. The van der Waals surface area contributed by atoms with Crippen LogP contribution in [0.25, 0.3) is 5.65 Å². The number of carbonyl (C=O) groups excluding carboxylic acids is 1. The van der Waals surface area contributed by atoms with Crippen molar-refractivity contribution >= 4 is 11.6 Å². The number of carbonyl (C=O) groups is 1. The van der Waals surface area contributed by atoms with Crippen molar-refractivity contribution in [3.8, 4) is 0 Å². The minimum Gasteiger partial charge on any atom is -0.376 e. The minimum atomic E-state index is -0.0392. The number of pyridine rings is 1. The maximum absolute atomic E-state index is 12.8. The van der Waals surface area contributed by atoms with Crippen LogP contribution in [0.1, 0.15) is 35.1 Å². The molecule has 0 aliphatic carbocycles. The Kier molecular flexibility index (Phi) is 3.81. The number of hydrogen-bond donors (Lipinski definition) is 1. The molecule has 0 radical (unpaired) electrons. The molecule has 2 aromatic heterocycles. The fourth-order valence-electron chi connectivity index (χ4n) is 3.94. The van der Waals surface area contributed by atoms with E-state index in [-0.39, 0.29) is 18.1 Å². The molecule has 2 aliphatic rings. The van der Waals surface area contributed by atoms with Gasteiger partial charge in [-0.2, -0.15) is 0 Å². The van der Waals surface area contributed by atoms with E-state index in [1.165, 1.54) is 0 Å². The predicted octanol–water partition coefficient (Wildman–Crippen LogP) is 1.54. The van der Waals surface area contributed by atoms with Crippen LogP contribution in [0.4, 0.5) is 0 Å². The molecule has 6 heteroatoms. The first-order valence-corrected chi connectivity index (χ1v) is 8.63. The van der Waals surface area contributed by atoms with Crippen LogP contribution in [-0.4, -0.2) is 58.1 Å². The second-order valence-electron chi connectivity index (χ2n) is 7.14. The van der Waals surface area contributed by atoms with Crippen molar-refractivity contribution in [3.63, 3.8) is 0 Å². The Bertz CT molecular complexity index is 785. The summed E-state index contributed by atoms with van der Waals surface area (Å²) in [6, 6.07) is 4.60. The van der Waals surface area contributed by atoms with Crippen LogP contribution in [0.15, 0.2) is 18.3 Å². The zero-order chi connectivity index (χ0) is 16.8. The lowest BCUT2D eigenvalue weighted by molar-refractivity contribution is -0.0390. The number of ether oxygens (including phenoxy) is 1. The van der Waals surface area contributed by atoms with Gasteiger partial charge in [0.25, 0.3) is 5.91 Å². The quantitative estimate of drug-likeness (QED) is 0.908. The first-order chi connectivity index (χ1) is 11.5. The summed E-state index contributed by atoms with van der Waals surface area (Å²) in [5.74, 6) is -0.0392. The van der Waals surface area contributed by atoms with Crippen molar-refractivity contribution in [1.29, 1.82) is 0 Å². The Hall–Kier alpha value is -1.92. The van der Waals surface area contributed by atoms with Crippen LogP contribution in [-0.2, 0) is 4.74 Å². The van der Waals surface area contributed by atoms with Gasteiger partial charge < -0.3 is 10.1 Å². The number of aryl methyl sites for hydroxylation is 2. The van der Waals surface area contributed by atoms with Gasteiger partial charge in [-0.15, -0.1) is 0 Å². The molecule has 0 spiro atoms. The highest BCUT2D eigenvalue weighted by molar-refractivity contribution is 5.94. The fourth-order valence-corrected chi connectivity index (χ4v) is 3.94. The van der Waals surface area contributed by atoms with Crippen LogP contribution >= 0.6 is 0 Å². The van der Waals surface area contributed by atoms with E-state index in [4.69, 9.17) is 4.74 Å². The molecule has 2 aliphatic heterocycles. The molecule has 128 valence electrons. The van der Waals surface area contributed by atoms with Gasteiger partial charge in [0.05, 0.1) is 18.4 Å². The second-order valence-corrected chi connectivity index (χ2v) is 7.14. The van der Waals surface area contributed by atoms with Gasteiger partial charge in [0.15, 0.2) is 0 Å². The second kappa shape index (κ2) is 5.86. The summed E-state index contributed by atoms with van der Waals surface area (Å²) < 4.78 is 7.62. The Labute approximate surface area is 141 Å². The third-order valence-corrected chi connectivity index (χ3v) is 5.10. The molecule has 3 atom stereocenters. The molecule has 2 fully saturated rings. The summed E-state index contributed by atoms with van der Waals surface area (Å²) >= 11 is 0. The smallest absolute Gasteiger partial charge is 0.270 e. The molecule has 0 unspecified atom stereocenters. The van der Waals surface area contributed by atoms with E-state index in [0.717, 1.165) is 43.0 Å². The molecular weight excluding hydrogens is 304 g/mol. The predicted molar refractivity (Wildman–Crippen MR) is 91.3 cm³/mol. The van der Waals surface area contributed by atoms with Crippen molar-refractivity contribution in [1.82, 2.24) is 19.6 Å². The van der Waals surface area contributed by atoms with Crippen LogP contribution in [0, 0.1) is 13.8 Å². The number of fused-ring (bicyclic) bond motifs is 2. The Morgan fingerprint density at radius 1 is 1.38 bits per heavy atom. The van der Waals surface area contributed by atoms with E-state index in [2.05, 4.69) is 22.1 Å². The highest BCUT2D eigenvalue weighted by Gasteiger charge is 2.37. The van der Waals surface area contributed by atoms with Gasteiger partial charge in [-0.3, -0.25) is 14.1 Å². The van der Waals surface area contributed by atoms with E-state index in [1.54, 1.807) is 0 Å². The summed E-state index contributed by atoms with van der Waals surface area (Å²) in [6.45, 7) is 8.64. The monoisotopic (exact) mass is 328 g/mol. The molecule has 1 amide bonds. The maximum atomic E-state index is 12.8. The van der Waals surface area contributed by atoms with Crippen molar-refractivity contribution in [2.45, 2.75) is 45.4 Å². The first kappa shape index (κ1) is 15.6. The van der Waals surface area contributed by atoms with Gasteiger partial charge in [0.1, 0.15) is 11.3 Å². The highest BCUT2D eigenvalue weighted by Crippen LogP contribution is 2.23. The van der Waals surface area contributed by atoms with Crippen molar-refractivity contribution in [2.75, 3.05) is 19.7 Å². The van der Waals surface area contributed by atoms with Gasteiger partial charge in [-0.25, -0.2) is 4.98 Å². The number of nitrogens with zero attached hydrogens (tertiary/aromatic N) is 3. The largest absolute Gasteiger partial charge is 0.376 e. The molecule has 2 aromatic rings. The Balaban J connectivity index is 1.52. The number of nitrogens with one attached hydrogen (secondary N) is 1. The lowest BCUT2D eigenvalue weighted by Crippen LogP contribution is -2.45. The van der Waals surface area contributed by atoms with Crippen LogP contribution in [0.2, 0.25) is 0 Å². The normalized spacial score (nSPS) is 27.4. The van der Waals surface area contributed by atoms with E-state index in [1.807, 2.05) is 36.6 Å². The molecule has 4 rings (SSSR count).